The maximum absolute atomic E-state index is 11.7. The highest BCUT2D eigenvalue weighted by Crippen LogP contribution is 2.11. The molecule has 1 unspecified atom stereocenters. The number of esters is 4. The van der Waals surface area contributed by atoms with E-state index in [-0.39, 0.29) is 25.7 Å². The first-order valence-corrected chi connectivity index (χ1v) is 7.93. The molecule has 0 aromatic heterocycles. The third-order valence-electron chi connectivity index (χ3n) is 3.15. The Balaban J connectivity index is 2.76. The standard InChI is InChI=1S/C16H24O8/c1-9-5-13(17)22-11(3)7-15(19)24-12(4)8-16(20)23-10(2)6-14(18)21-9/h9-12H,5-8H2,1-4H3/t9-,10+,11+,12?/m1/s1. The molecule has 0 aliphatic carbocycles. The fourth-order valence-corrected chi connectivity index (χ4v) is 2.20. The van der Waals surface area contributed by atoms with Crippen molar-refractivity contribution >= 4 is 23.9 Å². The Labute approximate surface area is 140 Å². The number of carbonyl (C=O) groups excluding carboxylic acids is 4. The van der Waals surface area contributed by atoms with Crippen molar-refractivity contribution in [2.75, 3.05) is 0 Å². The Bertz CT molecular complexity index is 366. The molecule has 0 radical (unpaired) electrons. The van der Waals surface area contributed by atoms with Gasteiger partial charge < -0.3 is 18.9 Å². The van der Waals surface area contributed by atoms with Gasteiger partial charge in [-0.05, 0) is 27.7 Å². The predicted octanol–water partition coefficient (Wildman–Crippen LogP) is 1.29. The topological polar surface area (TPSA) is 105 Å². The maximum atomic E-state index is 11.7. The average molecular weight is 344 g/mol. The normalized spacial score (nSPS) is 31.5. The molecule has 0 aromatic rings. The molecular weight excluding hydrogens is 320 g/mol. The third-order valence-corrected chi connectivity index (χ3v) is 3.15. The molecule has 1 saturated heterocycles. The summed E-state index contributed by atoms with van der Waals surface area (Å²) in [6.45, 7) is 6.22. The van der Waals surface area contributed by atoms with Crippen LogP contribution >= 0.6 is 0 Å². The van der Waals surface area contributed by atoms with Crippen molar-refractivity contribution in [2.24, 2.45) is 0 Å². The predicted molar refractivity (Wildman–Crippen MR) is 80.7 cm³/mol. The highest BCUT2D eigenvalue weighted by molar-refractivity contribution is 5.75. The van der Waals surface area contributed by atoms with Crippen LogP contribution in [0.25, 0.3) is 0 Å². The summed E-state index contributed by atoms with van der Waals surface area (Å²) in [4.78, 5) is 47.0. The molecule has 8 nitrogen and oxygen atoms in total. The summed E-state index contributed by atoms with van der Waals surface area (Å²) in [5.41, 5.74) is 0. The Morgan fingerprint density at radius 3 is 0.833 bits per heavy atom. The second-order valence-corrected chi connectivity index (χ2v) is 6.02. The van der Waals surface area contributed by atoms with Crippen molar-refractivity contribution in [3.63, 3.8) is 0 Å². The average Bonchev–Trinajstić information content (AvgIpc) is 2.34. The van der Waals surface area contributed by atoms with Gasteiger partial charge in [-0.2, -0.15) is 0 Å². The lowest BCUT2D eigenvalue weighted by molar-refractivity contribution is -0.164. The van der Waals surface area contributed by atoms with Gasteiger partial charge in [0.1, 0.15) is 24.4 Å². The first-order valence-electron chi connectivity index (χ1n) is 7.93. The molecular formula is C16H24O8. The number of hydrogen-bond acceptors (Lipinski definition) is 8. The minimum absolute atomic E-state index is 0.129. The molecule has 1 fully saturated rings. The Kier molecular flexibility index (Phi) is 7.67. The lowest BCUT2D eigenvalue weighted by Crippen LogP contribution is -2.29. The van der Waals surface area contributed by atoms with Crippen LogP contribution in [0.4, 0.5) is 0 Å². The summed E-state index contributed by atoms with van der Waals surface area (Å²) in [5, 5.41) is 0. The van der Waals surface area contributed by atoms with Gasteiger partial charge in [-0.1, -0.05) is 0 Å². The molecule has 0 saturated carbocycles. The molecule has 0 spiro atoms. The number of rotatable bonds is 0. The van der Waals surface area contributed by atoms with Gasteiger partial charge >= 0.3 is 23.9 Å². The van der Waals surface area contributed by atoms with Crippen molar-refractivity contribution in [1.82, 2.24) is 0 Å². The van der Waals surface area contributed by atoms with Crippen molar-refractivity contribution < 1.29 is 38.1 Å². The maximum Gasteiger partial charge on any atom is 0.309 e. The second kappa shape index (κ2) is 9.24. The fraction of sp³-hybridized carbons (Fsp3) is 0.750. The number of ether oxygens (including phenoxy) is 4. The molecule has 0 amide bonds. The third kappa shape index (κ3) is 7.94. The fourth-order valence-electron chi connectivity index (χ4n) is 2.20. The molecule has 1 rings (SSSR count). The van der Waals surface area contributed by atoms with Gasteiger partial charge in [0, 0.05) is 0 Å². The summed E-state index contributed by atoms with van der Waals surface area (Å²) in [6, 6.07) is 0. The van der Waals surface area contributed by atoms with E-state index in [4.69, 9.17) is 18.9 Å². The van der Waals surface area contributed by atoms with E-state index in [9.17, 15) is 19.2 Å². The lowest BCUT2D eigenvalue weighted by atomic mass is 10.2. The second-order valence-electron chi connectivity index (χ2n) is 6.02. The van der Waals surface area contributed by atoms with Crippen LogP contribution in [0.3, 0.4) is 0 Å². The van der Waals surface area contributed by atoms with Crippen molar-refractivity contribution in [2.45, 2.75) is 77.8 Å². The number of hydrogen-bond donors (Lipinski definition) is 0. The van der Waals surface area contributed by atoms with Crippen LogP contribution in [0, 0.1) is 0 Å². The van der Waals surface area contributed by atoms with Crippen LogP contribution in [0.1, 0.15) is 53.4 Å². The molecule has 1 heterocycles. The van der Waals surface area contributed by atoms with E-state index in [1.54, 1.807) is 27.7 Å². The summed E-state index contributed by atoms with van der Waals surface area (Å²) in [7, 11) is 0. The summed E-state index contributed by atoms with van der Waals surface area (Å²) >= 11 is 0. The van der Waals surface area contributed by atoms with Crippen LogP contribution in [0.2, 0.25) is 0 Å². The van der Waals surface area contributed by atoms with Crippen molar-refractivity contribution in [3.8, 4) is 0 Å². The monoisotopic (exact) mass is 344 g/mol. The van der Waals surface area contributed by atoms with E-state index >= 15 is 0 Å². The quantitative estimate of drug-likeness (QED) is 0.478. The Hall–Kier alpha value is -2.12. The van der Waals surface area contributed by atoms with Crippen molar-refractivity contribution in [3.05, 3.63) is 0 Å². The van der Waals surface area contributed by atoms with Gasteiger partial charge in [-0.3, -0.25) is 19.2 Å². The zero-order valence-corrected chi connectivity index (χ0v) is 14.4. The highest BCUT2D eigenvalue weighted by atomic mass is 16.6. The van der Waals surface area contributed by atoms with Crippen LogP contribution in [-0.4, -0.2) is 48.3 Å². The minimum Gasteiger partial charge on any atom is -0.462 e. The molecule has 4 atom stereocenters. The van der Waals surface area contributed by atoms with E-state index in [0.717, 1.165) is 0 Å². The lowest BCUT2D eigenvalue weighted by Gasteiger charge is -2.20. The first kappa shape index (κ1) is 19.9. The van der Waals surface area contributed by atoms with Gasteiger partial charge in [0.25, 0.3) is 0 Å². The first-order chi connectivity index (χ1) is 11.2. The van der Waals surface area contributed by atoms with E-state index in [1.165, 1.54) is 0 Å². The number of carbonyl (C=O) groups is 4. The zero-order chi connectivity index (χ0) is 18.3. The van der Waals surface area contributed by atoms with E-state index in [2.05, 4.69) is 0 Å². The Morgan fingerprint density at radius 1 is 0.500 bits per heavy atom. The molecule has 24 heavy (non-hydrogen) atoms. The van der Waals surface area contributed by atoms with E-state index in [1.807, 2.05) is 0 Å². The molecule has 1 aliphatic rings. The van der Waals surface area contributed by atoms with Gasteiger partial charge in [0.05, 0.1) is 25.7 Å². The van der Waals surface area contributed by atoms with Gasteiger partial charge in [0.2, 0.25) is 0 Å². The van der Waals surface area contributed by atoms with Crippen LogP contribution in [0.5, 0.6) is 0 Å². The number of cyclic esters (lactones) is 4. The summed E-state index contributed by atoms with van der Waals surface area (Å²) < 4.78 is 20.3. The van der Waals surface area contributed by atoms with Crippen LogP contribution < -0.4 is 0 Å². The molecule has 1 aliphatic heterocycles. The summed E-state index contributed by atoms with van der Waals surface area (Å²) in [6.07, 6.45) is -3.24. The van der Waals surface area contributed by atoms with Gasteiger partial charge in [-0.15, -0.1) is 0 Å². The van der Waals surface area contributed by atoms with Gasteiger partial charge in [0.15, 0.2) is 0 Å². The molecule has 0 N–H and O–H groups in total. The molecule has 0 bridgehead atoms. The highest BCUT2D eigenvalue weighted by Gasteiger charge is 2.23. The summed E-state index contributed by atoms with van der Waals surface area (Å²) in [5.74, 6) is -2.30. The zero-order valence-electron chi connectivity index (χ0n) is 14.4. The van der Waals surface area contributed by atoms with Crippen LogP contribution in [-0.2, 0) is 38.1 Å². The van der Waals surface area contributed by atoms with Gasteiger partial charge in [-0.25, -0.2) is 0 Å². The van der Waals surface area contributed by atoms with E-state index in [0.29, 0.717) is 0 Å². The largest absolute Gasteiger partial charge is 0.462 e. The smallest absolute Gasteiger partial charge is 0.309 e. The minimum atomic E-state index is -0.681. The molecule has 136 valence electrons. The van der Waals surface area contributed by atoms with Crippen LogP contribution in [0.15, 0.2) is 0 Å². The van der Waals surface area contributed by atoms with Crippen molar-refractivity contribution in [1.29, 1.82) is 0 Å². The molecule has 8 heteroatoms. The SMILES string of the molecule is CC1CC(=O)O[C@@H](C)CC(=O)O[C@H](C)CC(=O)O[C@@H](C)CC(=O)O1. The Morgan fingerprint density at radius 2 is 0.667 bits per heavy atom. The molecule has 0 aromatic carbocycles. The van der Waals surface area contributed by atoms with E-state index < -0.39 is 48.3 Å².